The predicted molar refractivity (Wildman–Crippen MR) is 44.6 cm³/mol. The summed E-state index contributed by atoms with van der Waals surface area (Å²) in [7, 11) is 0. The number of carboxylic acids is 1. The highest BCUT2D eigenvalue weighted by molar-refractivity contribution is 5.66. The third kappa shape index (κ3) is 2.20. The second-order valence-electron chi connectivity index (χ2n) is 2.40. The molecule has 0 aliphatic heterocycles. The van der Waals surface area contributed by atoms with Crippen LogP contribution < -0.4 is 5.56 Å². The number of rotatable bonds is 2. The minimum absolute atomic E-state index is 0.339. The number of nitrogens with zero attached hydrogens (tertiary/aromatic N) is 1. The summed E-state index contributed by atoms with van der Waals surface area (Å²) in [5, 5.41) is 8.41. The number of aliphatic carboxylic acids is 1. The third-order valence-electron chi connectivity index (χ3n) is 1.45. The smallest absolute Gasteiger partial charge is 0.323 e. The van der Waals surface area contributed by atoms with E-state index < -0.39 is 11.5 Å². The van der Waals surface area contributed by atoms with Crippen LogP contribution in [0.15, 0.2) is 23.1 Å². The van der Waals surface area contributed by atoms with Crippen molar-refractivity contribution < 1.29 is 9.90 Å². The van der Waals surface area contributed by atoms with Crippen LogP contribution in [-0.4, -0.2) is 15.6 Å². The molecule has 1 radical (unpaired) electrons. The summed E-state index contributed by atoms with van der Waals surface area (Å²) in [6.45, 7) is -0.364. The van der Waals surface area contributed by atoms with Gasteiger partial charge in [-0.3, -0.25) is 9.59 Å². The maximum atomic E-state index is 11.1. The SMILES string of the molecule is [C]#Cc1ccn(CC(=O)O)c(=O)c1. The van der Waals surface area contributed by atoms with Gasteiger partial charge in [0.25, 0.3) is 5.56 Å². The summed E-state index contributed by atoms with van der Waals surface area (Å²) in [4.78, 5) is 21.4. The van der Waals surface area contributed by atoms with E-state index in [2.05, 4.69) is 0 Å². The van der Waals surface area contributed by atoms with E-state index in [9.17, 15) is 9.59 Å². The van der Waals surface area contributed by atoms with Gasteiger partial charge in [-0.1, -0.05) is 5.92 Å². The Kier molecular flexibility index (Phi) is 2.50. The molecule has 0 atom stereocenters. The van der Waals surface area contributed by atoms with Crippen LogP contribution in [0.5, 0.6) is 0 Å². The van der Waals surface area contributed by atoms with Gasteiger partial charge in [0.1, 0.15) is 6.54 Å². The minimum Gasteiger partial charge on any atom is -0.480 e. The van der Waals surface area contributed by atoms with E-state index in [1.165, 1.54) is 12.3 Å². The van der Waals surface area contributed by atoms with Crippen molar-refractivity contribution in [1.82, 2.24) is 4.57 Å². The molecule has 13 heavy (non-hydrogen) atoms. The van der Waals surface area contributed by atoms with Crippen LogP contribution >= 0.6 is 0 Å². The quantitative estimate of drug-likeness (QED) is 0.638. The van der Waals surface area contributed by atoms with E-state index in [4.69, 9.17) is 11.5 Å². The highest BCUT2D eigenvalue weighted by Crippen LogP contribution is 1.91. The molecule has 1 aromatic rings. The fraction of sp³-hybridized carbons (Fsp3) is 0.111. The van der Waals surface area contributed by atoms with Crippen molar-refractivity contribution in [3.63, 3.8) is 0 Å². The molecule has 0 aliphatic rings. The lowest BCUT2D eigenvalue weighted by Gasteiger charge is -2.00. The van der Waals surface area contributed by atoms with E-state index in [1.807, 2.05) is 5.92 Å². The highest BCUT2D eigenvalue weighted by atomic mass is 16.4. The van der Waals surface area contributed by atoms with E-state index in [1.54, 1.807) is 0 Å². The number of pyridine rings is 1. The van der Waals surface area contributed by atoms with Crippen LogP contribution in [0.4, 0.5) is 0 Å². The van der Waals surface area contributed by atoms with Crippen LogP contribution in [0.2, 0.25) is 0 Å². The molecule has 4 heteroatoms. The monoisotopic (exact) mass is 176 g/mol. The first-order valence-corrected chi connectivity index (χ1v) is 3.48. The summed E-state index contributed by atoms with van der Waals surface area (Å²) >= 11 is 0. The summed E-state index contributed by atoms with van der Waals surface area (Å²) in [5.41, 5.74) is -0.105. The molecule has 4 nitrogen and oxygen atoms in total. The van der Waals surface area contributed by atoms with E-state index in [-0.39, 0.29) is 6.54 Å². The van der Waals surface area contributed by atoms with Crippen molar-refractivity contribution in [3.05, 3.63) is 40.7 Å². The maximum absolute atomic E-state index is 11.1. The first kappa shape index (κ1) is 9.07. The van der Waals surface area contributed by atoms with Gasteiger partial charge in [-0.15, -0.1) is 0 Å². The van der Waals surface area contributed by atoms with Crippen molar-refractivity contribution >= 4 is 5.97 Å². The molecular weight excluding hydrogens is 170 g/mol. The Labute approximate surface area is 74.4 Å². The Balaban J connectivity index is 3.08. The van der Waals surface area contributed by atoms with Crippen LogP contribution in [0, 0.1) is 12.3 Å². The summed E-state index contributed by atoms with van der Waals surface area (Å²) in [6, 6.07) is 2.62. The van der Waals surface area contributed by atoms with Gasteiger partial charge in [0, 0.05) is 17.8 Å². The van der Waals surface area contributed by atoms with Crippen LogP contribution in [0.3, 0.4) is 0 Å². The zero-order valence-electron chi connectivity index (χ0n) is 6.65. The molecule has 0 spiro atoms. The largest absolute Gasteiger partial charge is 0.480 e. The van der Waals surface area contributed by atoms with Gasteiger partial charge in [0.15, 0.2) is 0 Å². The number of hydrogen-bond acceptors (Lipinski definition) is 2. The highest BCUT2D eigenvalue weighted by Gasteiger charge is 2.01. The molecule has 0 bridgehead atoms. The lowest BCUT2D eigenvalue weighted by atomic mass is 10.3. The van der Waals surface area contributed by atoms with Crippen LogP contribution in [-0.2, 0) is 11.3 Å². The number of carbonyl (C=O) groups is 1. The maximum Gasteiger partial charge on any atom is 0.323 e. The Hall–Kier alpha value is -2.02. The molecule has 0 saturated carbocycles. The number of aromatic nitrogens is 1. The van der Waals surface area contributed by atoms with Crippen LogP contribution in [0.1, 0.15) is 5.56 Å². The number of carboxylic acid groups (broad SMARTS) is 1. The van der Waals surface area contributed by atoms with Gasteiger partial charge in [0.05, 0.1) is 0 Å². The molecule has 0 amide bonds. The standard InChI is InChI=1S/C9H6NO3/c1-2-7-3-4-10(6-9(12)13)8(11)5-7/h3-5H,6H2,(H,12,13). The van der Waals surface area contributed by atoms with Gasteiger partial charge in [-0.05, 0) is 12.5 Å². The van der Waals surface area contributed by atoms with Gasteiger partial charge in [-0.25, -0.2) is 0 Å². The van der Waals surface area contributed by atoms with Gasteiger partial charge >= 0.3 is 5.97 Å². The average Bonchev–Trinajstić information content (AvgIpc) is 2.08. The molecule has 0 unspecified atom stereocenters. The summed E-state index contributed by atoms with van der Waals surface area (Å²) in [6.07, 6.45) is 8.06. The molecule has 0 aromatic carbocycles. The van der Waals surface area contributed by atoms with Crippen LogP contribution in [0.25, 0.3) is 0 Å². The van der Waals surface area contributed by atoms with E-state index in [0.29, 0.717) is 5.56 Å². The molecule has 1 heterocycles. The van der Waals surface area contributed by atoms with Gasteiger partial charge < -0.3 is 9.67 Å². The lowest BCUT2D eigenvalue weighted by Crippen LogP contribution is -2.22. The Morgan fingerprint density at radius 3 is 2.85 bits per heavy atom. The number of hydrogen-bond donors (Lipinski definition) is 1. The minimum atomic E-state index is -1.08. The van der Waals surface area contributed by atoms with Gasteiger partial charge in [-0.2, -0.15) is 0 Å². The molecular formula is C9H6NO3. The third-order valence-corrected chi connectivity index (χ3v) is 1.45. The first-order valence-electron chi connectivity index (χ1n) is 3.48. The second kappa shape index (κ2) is 3.59. The van der Waals surface area contributed by atoms with Crippen molar-refractivity contribution in [3.8, 4) is 5.92 Å². The molecule has 0 fully saturated rings. The van der Waals surface area contributed by atoms with Gasteiger partial charge in [0.2, 0.25) is 0 Å². The van der Waals surface area contributed by atoms with E-state index in [0.717, 1.165) is 10.6 Å². The predicted octanol–water partition coefficient (Wildman–Crippen LogP) is -0.129. The second-order valence-corrected chi connectivity index (χ2v) is 2.40. The zero-order valence-corrected chi connectivity index (χ0v) is 6.65. The Bertz CT molecular complexity index is 425. The summed E-state index contributed by atoms with van der Waals surface area (Å²) in [5.74, 6) is 0.962. The average molecular weight is 176 g/mol. The van der Waals surface area contributed by atoms with Crippen molar-refractivity contribution in [2.45, 2.75) is 6.54 Å². The first-order chi connectivity index (χ1) is 6.13. The Morgan fingerprint density at radius 2 is 2.38 bits per heavy atom. The summed E-state index contributed by atoms with van der Waals surface area (Å²) < 4.78 is 1.04. The molecule has 0 saturated heterocycles. The van der Waals surface area contributed by atoms with E-state index >= 15 is 0 Å². The van der Waals surface area contributed by atoms with Crippen molar-refractivity contribution in [1.29, 1.82) is 0 Å². The lowest BCUT2D eigenvalue weighted by molar-refractivity contribution is -0.137. The molecule has 65 valence electrons. The Morgan fingerprint density at radius 1 is 1.69 bits per heavy atom. The fourth-order valence-electron chi connectivity index (χ4n) is 0.862. The molecule has 1 N–H and O–H groups in total. The molecule has 1 rings (SSSR count). The normalized spacial score (nSPS) is 9.15. The topological polar surface area (TPSA) is 59.3 Å². The van der Waals surface area contributed by atoms with Crippen molar-refractivity contribution in [2.75, 3.05) is 0 Å². The molecule has 1 aromatic heterocycles. The fourth-order valence-corrected chi connectivity index (χ4v) is 0.862. The molecule has 0 aliphatic carbocycles. The van der Waals surface area contributed by atoms with Crippen molar-refractivity contribution in [2.24, 2.45) is 0 Å². The zero-order chi connectivity index (χ0) is 9.84.